The van der Waals surface area contributed by atoms with Crippen molar-refractivity contribution in [3.8, 4) is 0 Å². The van der Waals surface area contributed by atoms with Gasteiger partial charge in [-0.2, -0.15) is 0 Å². The van der Waals surface area contributed by atoms with Crippen molar-refractivity contribution in [1.82, 2.24) is 0 Å². The molecule has 9 unspecified atom stereocenters. The van der Waals surface area contributed by atoms with Crippen molar-refractivity contribution in [1.29, 1.82) is 0 Å². The Hall–Kier alpha value is -0.000130. The molecule has 2 aliphatic heterocycles. The average Bonchev–Trinajstić information content (AvgIpc) is 3.12. The first kappa shape index (κ1) is 24.3. The fourth-order valence-corrected chi connectivity index (χ4v) is 4.25. The van der Waals surface area contributed by atoms with Gasteiger partial charge >= 0.3 is 0 Å². The summed E-state index contributed by atoms with van der Waals surface area (Å²) < 4.78 is 54.6. The Balaban J connectivity index is 1.98. The zero-order chi connectivity index (χ0) is 20.9. The van der Waals surface area contributed by atoms with Crippen LogP contribution < -0.4 is 4.89 Å². The quantitative estimate of drug-likeness (QED) is 0.297. The van der Waals surface area contributed by atoms with E-state index < -0.39 is 56.5 Å². The highest BCUT2D eigenvalue weighted by Crippen LogP contribution is 2.44. The van der Waals surface area contributed by atoms with Crippen LogP contribution in [0.15, 0.2) is 0 Å². The SMILES string of the molecule is [B]C1OC(COP(=O)([O-])OC2C(COCC)OC([B])C2OC)C(OC)C1OC. The van der Waals surface area contributed by atoms with E-state index in [0.717, 1.165) is 0 Å². The normalized spacial score (nSPS) is 40.6. The summed E-state index contributed by atoms with van der Waals surface area (Å²) in [6.07, 6.45) is -4.47. The van der Waals surface area contributed by atoms with Crippen molar-refractivity contribution in [3.63, 3.8) is 0 Å². The zero-order valence-electron chi connectivity index (χ0n) is 16.4. The predicted octanol–water partition coefficient (Wildman–Crippen LogP) is -1.28. The first-order chi connectivity index (χ1) is 13.3. The number of methoxy groups -OCH3 is 3. The Bertz CT molecular complexity index is 529. The second-order valence-electron chi connectivity index (χ2n) is 6.35. The summed E-state index contributed by atoms with van der Waals surface area (Å²) in [6, 6.07) is -1.64. The number of hydrogen-bond donors (Lipinski definition) is 0. The van der Waals surface area contributed by atoms with Crippen LogP contribution in [0.3, 0.4) is 0 Å². The van der Waals surface area contributed by atoms with Gasteiger partial charge in [-0.05, 0) is 6.92 Å². The molecule has 0 aromatic heterocycles. The standard InChI is InChI=1S/C15H27B2O10P/c1-5-23-6-8-11(13(22-4)15(17)25-8)27-28(18,19)24-7-9-10(20-2)12(21-3)14(16)26-9/h8-15H,5-7H2,1-4H3,(H,18,19)/p-1. The van der Waals surface area contributed by atoms with Crippen molar-refractivity contribution < 1.29 is 46.9 Å². The molecule has 0 aromatic rings. The molecule has 4 radical (unpaired) electrons. The number of phosphoric ester groups is 1. The highest BCUT2D eigenvalue weighted by molar-refractivity contribution is 7.45. The minimum absolute atomic E-state index is 0.0938. The van der Waals surface area contributed by atoms with E-state index >= 15 is 0 Å². The van der Waals surface area contributed by atoms with Crippen LogP contribution in [0, 0.1) is 0 Å². The van der Waals surface area contributed by atoms with Gasteiger partial charge in [0.1, 0.15) is 52.3 Å². The third-order valence-electron chi connectivity index (χ3n) is 4.64. The molecule has 0 spiro atoms. The van der Waals surface area contributed by atoms with Gasteiger partial charge < -0.3 is 42.4 Å². The Morgan fingerprint density at radius 2 is 1.39 bits per heavy atom. The van der Waals surface area contributed by atoms with Gasteiger partial charge in [-0.3, -0.25) is 4.57 Å². The lowest BCUT2D eigenvalue weighted by atomic mass is 9.93. The van der Waals surface area contributed by atoms with E-state index in [-0.39, 0.29) is 13.2 Å². The van der Waals surface area contributed by atoms with Crippen LogP contribution >= 0.6 is 7.82 Å². The molecular weight excluding hydrogens is 393 g/mol. The van der Waals surface area contributed by atoms with Gasteiger partial charge in [-0.1, -0.05) is 0 Å². The van der Waals surface area contributed by atoms with E-state index in [4.69, 9.17) is 53.2 Å². The first-order valence-corrected chi connectivity index (χ1v) is 10.4. The second-order valence-corrected chi connectivity index (χ2v) is 7.72. The van der Waals surface area contributed by atoms with E-state index in [9.17, 15) is 9.46 Å². The Morgan fingerprint density at radius 1 is 0.893 bits per heavy atom. The molecule has 0 aromatic carbocycles. The molecule has 0 amide bonds. The third-order valence-corrected chi connectivity index (χ3v) is 5.61. The van der Waals surface area contributed by atoms with Crippen LogP contribution in [0.5, 0.6) is 0 Å². The summed E-state index contributed by atoms with van der Waals surface area (Å²) in [5.74, 6) is 0. The van der Waals surface area contributed by atoms with Crippen molar-refractivity contribution >= 4 is 23.5 Å². The molecule has 2 heterocycles. The predicted molar refractivity (Wildman–Crippen MR) is 96.1 cm³/mol. The van der Waals surface area contributed by atoms with E-state index in [1.165, 1.54) is 21.3 Å². The van der Waals surface area contributed by atoms with Crippen LogP contribution in [-0.2, 0) is 42.0 Å². The summed E-state index contributed by atoms with van der Waals surface area (Å²) in [6.45, 7) is 1.95. The smallest absolute Gasteiger partial charge is 0.268 e. The molecule has 2 saturated heterocycles. The number of ether oxygens (including phenoxy) is 6. The molecule has 10 nitrogen and oxygen atoms in total. The van der Waals surface area contributed by atoms with Crippen molar-refractivity contribution in [2.24, 2.45) is 0 Å². The van der Waals surface area contributed by atoms with Gasteiger partial charge in [0, 0.05) is 39.9 Å². The van der Waals surface area contributed by atoms with Crippen LogP contribution in [0.25, 0.3) is 0 Å². The molecular formula is C15H26B2O10P-. The van der Waals surface area contributed by atoms with Gasteiger partial charge in [0.25, 0.3) is 7.82 Å². The van der Waals surface area contributed by atoms with E-state index in [0.29, 0.717) is 6.61 Å². The molecule has 2 aliphatic rings. The Morgan fingerprint density at radius 3 is 1.89 bits per heavy atom. The van der Waals surface area contributed by atoms with Gasteiger partial charge in [-0.25, -0.2) is 0 Å². The average molecular weight is 419 g/mol. The first-order valence-electron chi connectivity index (χ1n) is 8.90. The maximum atomic E-state index is 12.4. The largest absolute Gasteiger partial charge is 0.756 e. The zero-order valence-corrected chi connectivity index (χ0v) is 17.3. The van der Waals surface area contributed by atoms with Crippen molar-refractivity contribution in [2.45, 2.75) is 55.6 Å². The molecule has 0 N–H and O–H groups in total. The van der Waals surface area contributed by atoms with Crippen LogP contribution in [0.1, 0.15) is 6.92 Å². The van der Waals surface area contributed by atoms with Gasteiger partial charge in [0.15, 0.2) is 0 Å². The summed E-state index contributed by atoms with van der Waals surface area (Å²) in [5.41, 5.74) is 0. The lowest BCUT2D eigenvalue weighted by Gasteiger charge is -2.31. The van der Waals surface area contributed by atoms with E-state index in [1.54, 1.807) is 6.92 Å². The Labute approximate surface area is 167 Å². The minimum atomic E-state index is -4.76. The molecule has 2 fully saturated rings. The third kappa shape index (κ3) is 5.78. The minimum Gasteiger partial charge on any atom is -0.756 e. The highest BCUT2D eigenvalue weighted by atomic mass is 31.2. The van der Waals surface area contributed by atoms with Crippen LogP contribution in [-0.4, -0.2) is 105 Å². The monoisotopic (exact) mass is 419 g/mol. The lowest BCUT2D eigenvalue weighted by molar-refractivity contribution is -0.236. The number of hydrogen-bond acceptors (Lipinski definition) is 10. The highest BCUT2D eigenvalue weighted by Gasteiger charge is 2.46. The van der Waals surface area contributed by atoms with Crippen LogP contribution in [0.4, 0.5) is 0 Å². The summed E-state index contributed by atoms with van der Waals surface area (Å²) >= 11 is 0. The van der Waals surface area contributed by atoms with E-state index in [2.05, 4.69) is 0 Å². The molecule has 0 saturated carbocycles. The Kier molecular flexibility index (Phi) is 9.41. The van der Waals surface area contributed by atoms with Crippen molar-refractivity contribution in [2.75, 3.05) is 41.2 Å². The lowest BCUT2D eigenvalue weighted by Crippen LogP contribution is -2.40. The molecule has 9 atom stereocenters. The fraction of sp³-hybridized carbons (Fsp3) is 1.00. The molecule has 13 heteroatoms. The second kappa shape index (κ2) is 10.9. The summed E-state index contributed by atoms with van der Waals surface area (Å²) in [5, 5.41) is 0. The number of phosphoric acid groups is 1. The van der Waals surface area contributed by atoms with Gasteiger partial charge in [0.2, 0.25) is 0 Å². The molecule has 0 bridgehead atoms. The van der Waals surface area contributed by atoms with Gasteiger partial charge in [0.05, 0.1) is 13.2 Å². The van der Waals surface area contributed by atoms with E-state index in [1.807, 2.05) is 0 Å². The fourth-order valence-electron chi connectivity index (χ4n) is 3.31. The maximum absolute atomic E-state index is 12.4. The molecule has 28 heavy (non-hydrogen) atoms. The molecule has 0 aliphatic carbocycles. The topological polar surface area (TPSA) is 114 Å². The van der Waals surface area contributed by atoms with Crippen molar-refractivity contribution in [3.05, 3.63) is 0 Å². The number of rotatable bonds is 11. The molecule has 2 rings (SSSR count). The van der Waals surface area contributed by atoms with Gasteiger partial charge in [-0.15, -0.1) is 0 Å². The molecule has 158 valence electrons. The maximum Gasteiger partial charge on any atom is 0.268 e. The summed E-state index contributed by atoms with van der Waals surface area (Å²) in [4.78, 5) is 12.4. The summed E-state index contributed by atoms with van der Waals surface area (Å²) in [7, 11) is 11.2. The van der Waals surface area contributed by atoms with Crippen LogP contribution in [0.2, 0.25) is 0 Å².